The summed E-state index contributed by atoms with van der Waals surface area (Å²) >= 11 is 1.36. The maximum atomic E-state index is 13.7. The first-order chi connectivity index (χ1) is 13.5. The van der Waals surface area contributed by atoms with Gasteiger partial charge in [0.05, 0.1) is 12.0 Å². The Labute approximate surface area is 166 Å². The van der Waals surface area contributed by atoms with Gasteiger partial charge in [-0.15, -0.1) is 11.3 Å². The number of anilines is 2. The van der Waals surface area contributed by atoms with Crippen LogP contribution in [0.4, 0.5) is 15.8 Å². The first-order valence-corrected chi connectivity index (χ1v) is 9.50. The number of rotatable bonds is 7. The lowest BCUT2D eigenvalue weighted by Crippen LogP contribution is -2.13. The molecule has 0 saturated heterocycles. The normalized spacial score (nSPS) is 10.4. The van der Waals surface area contributed by atoms with E-state index in [4.69, 9.17) is 4.74 Å². The molecule has 0 aliphatic carbocycles. The molecule has 0 aliphatic rings. The molecule has 0 spiro atoms. The third-order valence-electron chi connectivity index (χ3n) is 4.01. The lowest BCUT2D eigenvalue weighted by atomic mass is 10.1. The van der Waals surface area contributed by atoms with Gasteiger partial charge >= 0.3 is 0 Å². The van der Waals surface area contributed by atoms with E-state index in [1.165, 1.54) is 24.5 Å². The first-order valence-electron chi connectivity index (χ1n) is 8.62. The summed E-state index contributed by atoms with van der Waals surface area (Å²) in [4.78, 5) is 24.9. The predicted molar refractivity (Wildman–Crippen MR) is 109 cm³/mol. The fraction of sp³-hybridized carbons (Fsp3) is 0.143. The van der Waals surface area contributed by atoms with Crippen LogP contribution < -0.4 is 15.4 Å². The van der Waals surface area contributed by atoms with Gasteiger partial charge in [0.15, 0.2) is 11.6 Å². The lowest BCUT2D eigenvalue weighted by molar-refractivity contribution is -0.116. The Morgan fingerprint density at radius 1 is 1.04 bits per heavy atom. The largest absolute Gasteiger partial charge is 0.494 e. The van der Waals surface area contributed by atoms with E-state index < -0.39 is 5.82 Å². The zero-order valence-electron chi connectivity index (χ0n) is 15.2. The molecule has 3 rings (SSSR count). The minimum absolute atomic E-state index is 0.176. The Bertz CT molecular complexity index is 974. The van der Waals surface area contributed by atoms with Crippen LogP contribution in [0.2, 0.25) is 0 Å². The van der Waals surface area contributed by atoms with Gasteiger partial charge in [-0.3, -0.25) is 9.59 Å². The van der Waals surface area contributed by atoms with E-state index in [2.05, 4.69) is 10.6 Å². The van der Waals surface area contributed by atoms with E-state index in [1.807, 2.05) is 11.4 Å². The smallest absolute Gasteiger partial charge is 0.265 e. The van der Waals surface area contributed by atoms with Gasteiger partial charge in [-0.2, -0.15) is 0 Å². The lowest BCUT2D eigenvalue weighted by Gasteiger charge is -2.09. The monoisotopic (exact) mass is 398 g/mol. The van der Waals surface area contributed by atoms with Gasteiger partial charge in [-0.05, 0) is 53.8 Å². The van der Waals surface area contributed by atoms with Crippen molar-refractivity contribution >= 4 is 34.5 Å². The summed E-state index contributed by atoms with van der Waals surface area (Å²) in [6, 6.07) is 15.1. The molecular formula is C21H19FN2O3S. The van der Waals surface area contributed by atoms with Crippen LogP contribution in [0.15, 0.2) is 60.0 Å². The van der Waals surface area contributed by atoms with E-state index in [-0.39, 0.29) is 24.0 Å². The second kappa shape index (κ2) is 9.14. The van der Waals surface area contributed by atoms with Crippen LogP contribution in [-0.4, -0.2) is 18.9 Å². The van der Waals surface area contributed by atoms with Crippen molar-refractivity contribution < 1.29 is 18.7 Å². The summed E-state index contributed by atoms with van der Waals surface area (Å²) in [6.07, 6.45) is 0.610. The Morgan fingerprint density at radius 3 is 2.50 bits per heavy atom. The summed E-state index contributed by atoms with van der Waals surface area (Å²) in [7, 11) is 1.41. The highest BCUT2D eigenvalue weighted by Gasteiger charge is 2.09. The topological polar surface area (TPSA) is 67.4 Å². The Morgan fingerprint density at radius 2 is 1.82 bits per heavy atom. The number of hydrogen-bond acceptors (Lipinski definition) is 4. The van der Waals surface area contributed by atoms with Crippen molar-refractivity contribution in [2.75, 3.05) is 17.7 Å². The number of hydrogen-bond donors (Lipinski definition) is 2. The highest BCUT2D eigenvalue weighted by Crippen LogP contribution is 2.20. The minimum atomic E-state index is -0.449. The summed E-state index contributed by atoms with van der Waals surface area (Å²) in [5.41, 5.74) is 1.88. The molecule has 2 aromatic carbocycles. The predicted octanol–water partition coefficient (Wildman–Crippen LogP) is 4.72. The van der Waals surface area contributed by atoms with Crippen molar-refractivity contribution in [1.82, 2.24) is 0 Å². The van der Waals surface area contributed by atoms with Crippen molar-refractivity contribution in [3.05, 3.63) is 76.2 Å². The number of amides is 2. The van der Waals surface area contributed by atoms with Crippen LogP contribution in [0.25, 0.3) is 0 Å². The molecule has 3 aromatic rings. The molecule has 5 nitrogen and oxygen atoms in total. The third-order valence-corrected chi connectivity index (χ3v) is 4.87. The van der Waals surface area contributed by atoms with Gasteiger partial charge in [0.2, 0.25) is 5.91 Å². The zero-order chi connectivity index (χ0) is 19.9. The summed E-state index contributed by atoms with van der Waals surface area (Å²) in [6.45, 7) is 0. The zero-order valence-corrected chi connectivity index (χ0v) is 16.0. The average molecular weight is 398 g/mol. The molecular weight excluding hydrogens is 379 g/mol. The van der Waals surface area contributed by atoms with E-state index >= 15 is 0 Å². The SMILES string of the molecule is COc1ccc(CCC(=O)Nc2cccc(NC(=O)c3cccs3)c2)cc1F. The van der Waals surface area contributed by atoms with Crippen molar-refractivity contribution in [2.45, 2.75) is 12.8 Å². The molecule has 2 N–H and O–H groups in total. The van der Waals surface area contributed by atoms with Crippen molar-refractivity contribution in [1.29, 1.82) is 0 Å². The molecule has 144 valence electrons. The second-order valence-corrected chi connectivity index (χ2v) is 6.98. The molecule has 0 atom stereocenters. The van der Waals surface area contributed by atoms with E-state index in [0.29, 0.717) is 28.2 Å². The van der Waals surface area contributed by atoms with Gasteiger partial charge in [0.25, 0.3) is 5.91 Å². The van der Waals surface area contributed by atoms with Crippen LogP contribution in [0.5, 0.6) is 5.75 Å². The average Bonchev–Trinajstić information content (AvgIpc) is 3.22. The van der Waals surface area contributed by atoms with Gasteiger partial charge < -0.3 is 15.4 Å². The molecule has 1 heterocycles. The quantitative estimate of drug-likeness (QED) is 0.605. The number of halogens is 1. The van der Waals surface area contributed by atoms with Gasteiger partial charge in [0.1, 0.15) is 0 Å². The van der Waals surface area contributed by atoms with E-state index in [9.17, 15) is 14.0 Å². The molecule has 7 heteroatoms. The highest BCUT2D eigenvalue weighted by atomic mass is 32.1. The summed E-state index contributed by atoms with van der Waals surface area (Å²) in [5, 5.41) is 7.42. The number of benzene rings is 2. The molecule has 0 bridgehead atoms. The molecule has 0 fully saturated rings. The van der Waals surface area contributed by atoms with Crippen molar-refractivity contribution in [3.63, 3.8) is 0 Å². The molecule has 28 heavy (non-hydrogen) atoms. The molecule has 0 radical (unpaired) electrons. The third kappa shape index (κ3) is 5.17. The highest BCUT2D eigenvalue weighted by molar-refractivity contribution is 7.12. The number of ether oxygens (including phenoxy) is 1. The number of nitrogens with one attached hydrogen (secondary N) is 2. The Hall–Kier alpha value is -3.19. The maximum Gasteiger partial charge on any atom is 0.265 e. The second-order valence-electron chi connectivity index (χ2n) is 6.03. The molecule has 1 aromatic heterocycles. The van der Waals surface area contributed by atoms with Crippen LogP contribution in [-0.2, 0) is 11.2 Å². The van der Waals surface area contributed by atoms with Crippen LogP contribution in [0.1, 0.15) is 21.7 Å². The molecule has 2 amide bonds. The number of carbonyl (C=O) groups is 2. The van der Waals surface area contributed by atoms with Gasteiger partial charge in [-0.1, -0.05) is 18.2 Å². The molecule has 0 unspecified atom stereocenters. The number of thiophene rings is 1. The van der Waals surface area contributed by atoms with Gasteiger partial charge in [0, 0.05) is 17.8 Å². The van der Waals surface area contributed by atoms with Crippen LogP contribution in [0.3, 0.4) is 0 Å². The Balaban J connectivity index is 1.55. The summed E-state index contributed by atoms with van der Waals surface area (Å²) < 4.78 is 18.6. The first kappa shape index (κ1) is 19.6. The fourth-order valence-corrected chi connectivity index (χ4v) is 3.24. The molecule has 0 saturated carbocycles. The fourth-order valence-electron chi connectivity index (χ4n) is 2.62. The number of aryl methyl sites for hydroxylation is 1. The number of methoxy groups -OCH3 is 1. The minimum Gasteiger partial charge on any atom is -0.494 e. The number of carbonyl (C=O) groups excluding carboxylic acids is 2. The van der Waals surface area contributed by atoms with Gasteiger partial charge in [-0.25, -0.2) is 4.39 Å². The summed E-state index contributed by atoms with van der Waals surface area (Å²) in [5.74, 6) is -0.665. The maximum absolute atomic E-state index is 13.7. The van der Waals surface area contributed by atoms with Crippen LogP contribution in [0, 0.1) is 5.82 Å². The van der Waals surface area contributed by atoms with E-state index in [1.54, 1.807) is 42.5 Å². The standard InChI is InChI=1S/C21H19FN2O3S/c1-27-18-9-7-14(12-17(18)22)8-10-20(25)23-15-4-2-5-16(13-15)24-21(26)19-6-3-11-28-19/h2-7,9,11-13H,8,10H2,1H3,(H,23,25)(H,24,26). The van der Waals surface area contributed by atoms with Crippen molar-refractivity contribution in [2.24, 2.45) is 0 Å². The Kier molecular flexibility index (Phi) is 6.39. The molecule has 0 aliphatic heterocycles. The van der Waals surface area contributed by atoms with E-state index in [0.717, 1.165) is 0 Å². The van der Waals surface area contributed by atoms with Crippen LogP contribution >= 0.6 is 11.3 Å². The van der Waals surface area contributed by atoms with Crippen molar-refractivity contribution in [3.8, 4) is 5.75 Å².